The molecule has 0 aliphatic carbocycles. The normalized spacial score (nSPS) is 12.8. The highest BCUT2D eigenvalue weighted by Crippen LogP contribution is 2.32. The minimum atomic E-state index is 0.284. The van der Waals surface area contributed by atoms with Crippen LogP contribution < -0.4 is 14.8 Å². The predicted octanol–water partition coefficient (Wildman–Crippen LogP) is 2.80. The Morgan fingerprint density at radius 2 is 2.07 bits per heavy atom. The van der Waals surface area contributed by atoms with Crippen molar-refractivity contribution in [3.05, 3.63) is 59.9 Å². The maximum Gasteiger partial charge on any atom is 0.231 e. The summed E-state index contributed by atoms with van der Waals surface area (Å²) in [4.78, 5) is 11.1. The number of benzene rings is 2. The van der Waals surface area contributed by atoms with Gasteiger partial charge in [0.25, 0.3) is 0 Å². The van der Waals surface area contributed by atoms with E-state index in [4.69, 9.17) is 14.5 Å². The number of hydrogen-bond acceptors (Lipinski definition) is 5. The van der Waals surface area contributed by atoms with Crippen LogP contribution in [-0.2, 0) is 13.1 Å². The van der Waals surface area contributed by atoms with Crippen LogP contribution in [0.4, 0.5) is 0 Å². The van der Waals surface area contributed by atoms with Crippen molar-refractivity contribution in [1.29, 1.82) is 0 Å². The SMILES string of the molecule is CCNC(=NCc1cccc(-c2ncn[nH]2)c1)N(C)Cc1ccc2c(c1)OCO2. The number of guanidine groups is 1. The molecule has 2 N–H and O–H groups in total. The molecule has 1 aromatic heterocycles. The number of rotatable bonds is 6. The summed E-state index contributed by atoms with van der Waals surface area (Å²) in [6.07, 6.45) is 1.51. The second-order valence-corrected chi connectivity index (χ2v) is 6.75. The minimum Gasteiger partial charge on any atom is -0.454 e. The fourth-order valence-electron chi connectivity index (χ4n) is 3.19. The van der Waals surface area contributed by atoms with E-state index in [2.05, 4.69) is 50.5 Å². The van der Waals surface area contributed by atoms with E-state index in [-0.39, 0.29) is 6.79 Å². The molecule has 2 heterocycles. The molecule has 1 aliphatic heterocycles. The van der Waals surface area contributed by atoms with Crippen molar-refractivity contribution >= 4 is 5.96 Å². The van der Waals surface area contributed by atoms with Crippen molar-refractivity contribution < 1.29 is 9.47 Å². The number of ether oxygens (including phenoxy) is 2. The molecule has 0 spiro atoms. The van der Waals surface area contributed by atoms with Gasteiger partial charge in [0.05, 0.1) is 6.54 Å². The number of hydrogen-bond donors (Lipinski definition) is 2. The molecule has 0 radical (unpaired) electrons. The zero-order valence-electron chi connectivity index (χ0n) is 16.6. The third-order valence-corrected chi connectivity index (χ3v) is 4.58. The smallest absolute Gasteiger partial charge is 0.231 e. The molecule has 4 rings (SSSR count). The zero-order valence-corrected chi connectivity index (χ0v) is 16.6. The van der Waals surface area contributed by atoms with Crippen molar-refractivity contribution in [3.8, 4) is 22.9 Å². The van der Waals surface area contributed by atoms with Crippen LogP contribution in [0.5, 0.6) is 11.5 Å². The first-order chi connectivity index (χ1) is 14.2. The lowest BCUT2D eigenvalue weighted by Crippen LogP contribution is -2.38. The topological polar surface area (TPSA) is 87.7 Å². The van der Waals surface area contributed by atoms with Crippen LogP contribution in [0, 0.1) is 0 Å². The average Bonchev–Trinajstić information content (AvgIpc) is 3.43. The Hall–Kier alpha value is -3.55. The lowest BCUT2D eigenvalue weighted by atomic mass is 10.1. The Morgan fingerprint density at radius 1 is 1.17 bits per heavy atom. The van der Waals surface area contributed by atoms with Gasteiger partial charge in [0.15, 0.2) is 23.3 Å². The molecule has 1 aliphatic rings. The molecule has 0 bridgehead atoms. The predicted molar refractivity (Wildman–Crippen MR) is 111 cm³/mol. The van der Waals surface area contributed by atoms with Crippen molar-refractivity contribution in [2.24, 2.45) is 4.99 Å². The van der Waals surface area contributed by atoms with E-state index in [1.165, 1.54) is 6.33 Å². The fraction of sp³-hybridized carbons (Fsp3) is 0.286. The third kappa shape index (κ3) is 4.48. The molecule has 0 fully saturated rings. The first kappa shape index (κ1) is 18.8. The number of H-pyrrole nitrogens is 1. The summed E-state index contributed by atoms with van der Waals surface area (Å²) >= 11 is 0. The van der Waals surface area contributed by atoms with Gasteiger partial charge in [-0.3, -0.25) is 5.10 Å². The molecule has 0 saturated carbocycles. The van der Waals surface area contributed by atoms with Crippen molar-refractivity contribution in [2.45, 2.75) is 20.0 Å². The Bertz CT molecular complexity index is 987. The summed E-state index contributed by atoms with van der Waals surface area (Å²) in [5, 5.41) is 10.2. The quantitative estimate of drug-likeness (QED) is 0.495. The zero-order chi connectivity index (χ0) is 20.1. The second kappa shape index (κ2) is 8.64. The van der Waals surface area contributed by atoms with Gasteiger partial charge in [-0.2, -0.15) is 5.10 Å². The van der Waals surface area contributed by atoms with Crippen LogP contribution in [0.3, 0.4) is 0 Å². The summed E-state index contributed by atoms with van der Waals surface area (Å²) in [6.45, 7) is 4.42. The summed E-state index contributed by atoms with van der Waals surface area (Å²) in [5.41, 5.74) is 3.23. The second-order valence-electron chi connectivity index (χ2n) is 6.75. The first-order valence-electron chi connectivity index (χ1n) is 9.55. The highest BCUT2D eigenvalue weighted by atomic mass is 16.7. The van der Waals surface area contributed by atoms with E-state index in [0.29, 0.717) is 13.1 Å². The molecule has 8 heteroatoms. The van der Waals surface area contributed by atoms with E-state index in [1.807, 2.05) is 31.3 Å². The van der Waals surface area contributed by atoms with Crippen molar-refractivity contribution in [1.82, 2.24) is 25.4 Å². The Labute approximate surface area is 169 Å². The van der Waals surface area contributed by atoms with E-state index >= 15 is 0 Å². The number of aromatic amines is 1. The van der Waals surface area contributed by atoms with Crippen molar-refractivity contribution in [2.75, 3.05) is 20.4 Å². The third-order valence-electron chi connectivity index (χ3n) is 4.58. The Balaban J connectivity index is 1.46. The van der Waals surface area contributed by atoms with Gasteiger partial charge in [0.2, 0.25) is 6.79 Å². The van der Waals surface area contributed by atoms with Crippen LogP contribution in [-0.4, -0.2) is 46.4 Å². The van der Waals surface area contributed by atoms with Crippen LogP contribution in [0.2, 0.25) is 0 Å². The van der Waals surface area contributed by atoms with Gasteiger partial charge in [-0.1, -0.05) is 24.3 Å². The molecule has 29 heavy (non-hydrogen) atoms. The summed E-state index contributed by atoms with van der Waals surface area (Å²) in [7, 11) is 2.02. The first-order valence-corrected chi connectivity index (χ1v) is 9.55. The van der Waals surface area contributed by atoms with E-state index < -0.39 is 0 Å². The van der Waals surface area contributed by atoms with E-state index in [1.54, 1.807) is 0 Å². The molecule has 0 atom stereocenters. The maximum atomic E-state index is 5.48. The van der Waals surface area contributed by atoms with E-state index in [0.717, 1.165) is 46.5 Å². The van der Waals surface area contributed by atoms with Gasteiger partial charge in [-0.05, 0) is 36.2 Å². The molecule has 0 amide bonds. The Morgan fingerprint density at radius 3 is 2.90 bits per heavy atom. The Kier molecular flexibility index (Phi) is 5.60. The van der Waals surface area contributed by atoms with Gasteiger partial charge in [0.1, 0.15) is 6.33 Å². The molecule has 8 nitrogen and oxygen atoms in total. The molecular weight excluding hydrogens is 368 g/mol. The van der Waals surface area contributed by atoms with E-state index in [9.17, 15) is 0 Å². The maximum absolute atomic E-state index is 5.48. The number of aliphatic imine (C=N–C) groups is 1. The summed E-state index contributed by atoms with van der Waals surface area (Å²) < 4.78 is 10.9. The van der Waals surface area contributed by atoms with Gasteiger partial charge in [-0.25, -0.2) is 9.98 Å². The van der Waals surface area contributed by atoms with Gasteiger partial charge < -0.3 is 19.7 Å². The van der Waals surface area contributed by atoms with Crippen LogP contribution in [0.1, 0.15) is 18.1 Å². The van der Waals surface area contributed by atoms with Gasteiger partial charge in [0, 0.05) is 25.7 Å². The average molecular weight is 392 g/mol. The largest absolute Gasteiger partial charge is 0.454 e. The molecule has 3 aromatic rings. The monoisotopic (exact) mass is 392 g/mol. The van der Waals surface area contributed by atoms with Crippen LogP contribution in [0.15, 0.2) is 53.8 Å². The lowest BCUT2D eigenvalue weighted by molar-refractivity contribution is 0.174. The number of nitrogens with one attached hydrogen (secondary N) is 2. The molecule has 150 valence electrons. The highest BCUT2D eigenvalue weighted by Gasteiger charge is 2.14. The summed E-state index contributed by atoms with van der Waals surface area (Å²) in [5.74, 6) is 3.18. The summed E-state index contributed by atoms with van der Waals surface area (Å²) in [6, 6.07) is 14.2. The molecule has 2 aromatic carbocycles. The number of fused-ring (bicyclic) bond motifs is 1. The fourth-order valence-corrected chi connectivity index (χ4v) is 3.19. The van der Waals surface area contributed by atoms with Crippen molar-refractivity contribution in [3.63, 3.8) is 0 Å². The molecular formula is C21H24N6O2. The van der Waals surface area contributed by atoms with Crippen LogP contribution >= 0.6 is 0 Å². The van der Waals surface area contributed by atoms with Gasteiger partial charge >= 0.3 is 0 Å². The highest BCUT2D eigenvalue weighted by molar-refractivity contribution is 5.79. The lowest BCUT2D eigenvalue weighted by Gasteiger charge is -2.22. The molecule has 0 unspecified atom stereocenters. The van der Waals surface area contributed by atoms with Gasteiger partial charge in [-0.15, -0.1) is 0 Å². The standard InChI is InChI=1S/C21H24N6O2/c1-3-22-21(27(2)12-16-7-8-18-19(10-16)29-14-28-18)23-11-15-5-4-6-17(9-15)20-24-13-25-26-20/h4-10,13H,3,11-12,14H2,1-2H3,(H,22,23)(H,24,25,26). The minimum absolute atomic E-state index is 0.284. The number of nitrogens with zero attached hydrogens (tertiary/aromatic N) is 4. The molecule has 0 saturated heterocycles. The van der Waals surface area contributed by atoms with Crippen LogP contribution in [0.25, 0.3) is 11.4 Å². The number of aromatic nitrogens is 3.